The number of hydrogen-bond donors (Lipinski definition) is 1. The van der Waals surface area contributed by atoms with Crippen molar-refractivity contribution in [2.45, 2.75) is 6.17 Å². The van der Waals surface area contributed by atoms with Gasteiger partial charge in [0, 0.05) is 88.1 Å². The SMILES string of the molecule is O.O.O=[N+]([O-])c1ccc([O-])c(C=NCCNCCN2CCN(CCN=Cc3cc([N+](=O)[O-])ccc3[O-])[C@H]2c2cc([N+](=O)[O-])ccc2[O-])c1.[N-]=C=S.[Ni+2].[Ni+3].[OH3+]. The predicted molar refractivity (Wildman–Crippen MR) is 189 cm³/mol. The number of non-ortho nitro benzene ring substituents is 3. The van der Waals surface area contributed by atoms with Gasteiger partial charge in [-0.2, -0.15) is 5.16 Å². The van der Waals surface area contributed by atoms with Gasteiger partial charge in [-0.3, -0.25) is 50.1 Å². The molecular weight excluding hydrogens is 828 g/mol. The molecule has 1 saturated heterocycles. The Balaban J connectivity index is -0.00000314. The van der Waals surface area contributed by atoms with Crippen molar-refractivity contribution < 1.29 is 79.5 Å². The molecule has 54 heavy (non-hydrogen) atoms. The zero-order chi connectivity index (χ0) is 35.9. The fourth-order valence-electron chi connectivity index (χ4n) is 4.95. The first kappa shape index (κ1) is 53.5. The second-order valence-corrected chi connectivity index (χ2v) is 10.5. The number of rotatable bonds is 15. The first-order valence-corrected chi connectivity index (χ1v) is 14.9. The monoisotopic (exact) mass is 862 g/mol. The normalized spacial score (nSPS) is 13.4. The van der Waals surface area contributed by atoms with Gasteiger partial charge in [0.15, 0.2) is 0 Å². The Labute approximate surface area is 333 Å². The molecule has 24 heteroatoms. The van der Waals surface area contributed by atoms with Gasteiger partial charge in [-0.05, 0) is 16.7 Å². The molecule has 3 aromatic rings. The Kier molecular flexibility index (Phi) is 26.6. The molecule has 21 nitrogen and oxygen atoms in total. The molecule has 297 valence electrons. The van der Waals surface area contributed by atoms with E-state index in [2.05, 4.69) is 27.5 Å². The number of nitrogens with one attached hydrogen (secondary N) is 1. The smallest absolute Gasteiger partial charge is 0.872 e. The maximum atomic E-state index is 12.9. The third kappa shape index (κ3) is 15.6. The van der Waals surface area contributed by atoms with Gasteiger partial charge in [0.2, 0.25) is 0 Å². The summed E-state index contributed by atoms with van der Waals surface area (Å²) in [5.74, 6) is -1.15. The van der Waals surface area contributed by atoms with Crippen molar-refractivity contribution >= 4 is 46.9 Å². The predicted octanol–water partition coefficient (Wildman–Crippen LogP) is -0.842. The first-order valence-electron chi connectivity index (χ1n) is 14.5. The summed E-state index contributed by atoms with van der Waals surface area (Å²) in [6, 6.07) is 10.4. The molecule has 0 unspecified atom stereocenters. The second kappa shape index (κ2) is 26.8. The van der Waals surface area contributed by atoms with Crippen LogP contribution in [0.25, 0.3) is 5.41 Å². The van der Waals surface area contributed by atoms with Crippen LogP contribution in [0.3, 0.4) is 0 Å². The molecule has 0 aromatic heterocycles. The number of aliphatic imine (C=N–C) groups is 2. The quantitative estimate of drug-likeness (QED) is 0.0371. The summed E-state index contributed by atoms with van der Waals surface area (Å²) in [6.45, 7) is 3.28. The van der Waals surface area contributed by atoms with Crippen molar-refractivity contribution in [1.82, 2.24) is 15.1 Å². The van der Waals surface area contributed by atoms with Crippen molar-refractivity contribution in [3.05, 3.63) is 107 Å². The van der Waals surface area contributed by atoms with Gasteiger partial charge < -0.3 is 42.5 Å². The molecule has 0 saturated carbocycles. The Morgan fingerprint density at radius 3 is 1.63 bits per heavy atom. The molecule has 0 spiro atoms. The van der Waals surface area contributed by atoms with E-state index in [1.54, 1.807) is 0 Å². The van der Waals surface area contributed by atoms with Crippen molar-refractivity contribution in [1.29, 1.82) is 0 Å². The van der Waals surface area contributed by atoms with E-state index in [0.717, 1.165) is 42.5 Å². The van der Waals surface area contributed by atoms with E-state index in [0.29, 0.717) is 45.8 Å². The average molecular weight is 864 g/mol. The van der Waals surface area contributed by atoms with Crippen molar-refractivity contribution in [3.63, 3.8) is 0 Å². The van der Waals surface area contributed by atoms with Crippen LogP contribution < -0.4 is 20.6 Å². The summed E-state index contributed by atoms with van der Waals surface area (Å²) in [7, 11) is 0. The summed E-state index contributed by atoms with van der Waals surface area (Å²) in [5.41, 5.74) is -0.223. The average Bonchev–Trinajstić information content (AvgIpc) is 3.46. The molecule has 3 aromatic carbocycles. The fraction of sp³-hybridized carbons (Fsp3) is 0.300. The molecule has 1 radical (unpaired) electrons. The minimum Gasteiger partial charge on any atom is -0.872 e. The van der Waals surface area contributed by atoms with Gasteiger partial charge in [0.25, 0.3) is 17.1 Å². The molecule has 1 heterocycles. The van der Waals surface area contributed by atoms with Crippen LogP contribution in [0.15, 0.2) is 64.6 Å². The van der Waals surface area contributed by atoms with Crippen LogP contribution in [0, 0.1) is 30.3 Å². The molecule has 1 fully saturated rings. The van der Waals surface area contributed by atoms with Gasteiger partial charge in [0.1, 0.15) is 0 Å². The molecule has 8 N–H and O–H groups in total. The summed E-state index contributed by atoms with van der Waals surface area (Å²) < 4.78 is 0. The standard InChI is InChI=1S/C29H32N8O9.CNS.2Ni.3H2O/c38-26-4-1-22(35(41)42)15-20(26)18-31-8-7-30-9-11-33-13-14-34(29(33)25-17-24(37(45)46)3-6-28(25)40)12-10-32-19-21-16-23(36(43)44)2-5-27(21)39;2-1-3;;;;;/h1-6,15-19,29-30,38-40H,7-14H2;;;;3*1H2/q;-1;+2;+3;;;/p-2/t29-;;;;;;/m0....../s1. The van der Waals surface area contributed by atoms with Crippen LogP contribution in [0.4, 0.5) is 17.1 Å². The topological polar surface area (TPSA) is 360 Å². The number of nitro groups is 3. The number of isothiocyanates is 1. The van der Waals surface area contributed by atoms with Crippen LogP contribution >= 0.6 is 12.2 Å². The van der Waals surface area contributed by atoms with Crippen LogP contribution in [-0.2, 0) is 38.5 Å². The van der Waals surface area contributed by atoms with E-state index in [4.69, 9.17) is 5.41 Å². The molecule has 0 bridgehead atoms. The summed E-state index contributed by atoms with van der Waals surface area (Å²) in [5, 5.41) is 82.0. The minimum atomic E-state index is -0.605. The Morgan fingerprint density at radius 1 is 0.759 bits per heavy atom. The maximum absolute atomic E-state index is 12.9. The molecule has 0 aliphatic carbocycles. The van der Waals surface area contributed by atoms with E-state index in [1.165, 1.54) is 29.7 Å². The Bertz CT molecular complexity index is 1770. The van der Waals surface area contributed by atoms with Gasteiger partial charge in [-0.25, -0.2) is 0 Å². The fourth-order valence-corrected chi connectivity index (χ4v) is 4.95. The zero-order valence-electron chi connectivity index (χ0n) is 28.0. The van der Waals surface area contributed by atoms with E-state index in [1.807, 2.05) is 9.80 Å². The van der Waals surface area contributed by atoms with Crippen molar-refractivity contribution in [3.8, 4) is 17.2 Å². The summed E-state index contributed by atoms with van der Waals surface area (Å²) in [4.78, 5) is 44.0. The Hall–Kier alpha value is -4.85. The van der Waals surface area contributed by atoms with Gasteiger partial charge in [-0.1, -0.05) is 41.9 Å². The van der Waals surface area contributed by atoms with Crippen LogP contribution in [0.1, 0.15) is 22.9 Å². The molecule has 1 aliphatic heterocycles. The number of nitrogens with zero attached hydrogens (tertiary/aromatic N) is 8. The summed E-state index contributed by atoms with van der Waals surface area (Å²) >= 11 is 3.70. The van der Waals surface area contributed by atoms with Gasteiger partial charge in [-0.15, -0.1) is 5.75 Å². The van der Waals surface area contributed by atoms with Crippen molar-refractivity contribution in [2.75, 3.05) is 52.4 Å². The number of hydrogen-bond acceptors (Lipinski definition) is 15. The van der Waals surface area contributed by atoms with Crippen LogP contribution in [-0.4, -0.2) is 105 Å². The van der Waals surface area contributed by atoms with E-state index >= 15 is 0 Å². The molecule has 4 rings (SSSR count). The third-order valence-electron chi connectivity index (χ3n) is 7.23. The van der Waals surface area contributed by atoms with Gasteiger partial charge in [0.05, 0.1) is 34.0 Å². The van der Waals surface area contributed by atoms with Crippen molar-refractivity contribution in [2.24, 2.45) is 9.98 Å². The first-order chi connectivity index (χ1) is 23.5. The summed E-state index contributed by atoms with van der Waals surface area (Å²) in [6.07, 6.45) is 1.98. The third-order valence-corrected chi connectivity index (χ3v) is 7.23. The van der Waals surface area contributed by atoms with Gasteiger partial charge >= 0.3 is 33.0 Å². The molecule has 0 amide bonds. The number of benzene rings is 3. The van der Waals surface area contributed by atoms with E-state index < -0.39 is 26.7 Å². The molecular formula is C30H36N9Ni2O12S+2. The molecule has 1 atom stereocenters. The largest absolute Gasteiger partial charge is 3.00 e. The maximum Gasteiger partial charge on any atom is 3.00 e. The van der Waals surface area contributed by atoms with Crippen LogP contribution in [0.5, 0.6) is 17.2 Å². The minimum absolute atomic E-state index is 0. The van der Waals surface area contributed by atoms with E-state index in [-0.39, 0.29) is 101 Å². The number of nitro benzene ring substituents is 3. The zero-order valence-corrected chi connectivity index (χ0v) is 30.7. The molecule has 1 aliphatic rings. The van der Waals surface area contributed by atoms with Crippen LogP contribution in [0.2, 0.25) is 0 Å². The number of thiocarbonyl (C=S) groups is 1. The van der Waals surface area contributed by atoms with E-state index in [9.17, 15) is 45.7 Å². The second-order valence-electron chi connectivity index (χ2n) is 10.3. The Morgan fingerprint density at radius 2 is 1.17 bits per heavy atom.